The van der Waals surface area contributed by atoms with Crippen molar-refractivity contribution in [3.8, 4) is 34.0 Å². The van der Waals surface area contributed by atoms with Crippen molar-refractivity contribution >= 4 is 18.4 Å². The fraction of sp³-hybridized carbons (Fsp3) is 0.160. The molecule has 3 aromatic carbocycles. The summed E-state index contributed by atoms with van der Waals surface area (Å²) in [5.74, 6) is -0.217. The molecule has 0 aliphatic carbocycles. The van der Waals surface area contributed by atoms with Crippen molar-refractivity contribution in [2.75, 3.05) is 6.54 Å². The first-order chi connectivity index (χ1) is 15.5. The van der Waals surface area contributed by atoms with Crippen LogP contribution in [0.25, 0.3) is 34.0 Å². The summed E-state index contributed by atoms with van der Waals surface area (Å²) in [6, 6.07) is 20.0. The molecule has 0 bridgehead atoms. The standard InChI is InChI=1S/C25H22FN3O3.ClH/c1-16-14-19(10-11-20(16)21-4-2-3-5-22(21)26)25-28-24(29-32-25)18-8-6-17(7-9-18)15-27-13-12-23(30)31;/h2-11,14,27H,12-13,15H2,1H3,(H,30,31);1H. The molecular formula is C25H23ClFN3O3. The van der Waals surface area contributed by atoms with E-state index < -0.39 is 5.97 Å². The highest BCUT2D eigenvalue weighted by Gasteiger charge is 2.13. The molecule has 0 saturated heterocycles. The van der Waals surface area contributed by atoms with Crippen LogP contribution in [0, 0.1) is 12.7 Å². The van der Waals surface area contributed by atoms with Crippen LogP contribution in [0.3, 0.4) is 0 Å². The summed E-state index contributed by atoms with van der Waals surface area (Å²) in [7, 11) is 0. The van der Waals surface area contributed by atoms with Crippen LogP contribution in [0.2, 0.25) is 0 Å². The first-order valence-electron chi connectivity index (χ1n) is 10.2. The van der Waals surface area contributed by atoms with Gasteiger partial charge in [0.1, 0.15) is 5.82 Å². The van der Waals surface area contributed by atoms with Crippen molar-refractivity contribution in [3.05, 3.63) is 83.7 Å². The summed E-state index contributed by atoms with van der Waals surface area (Å²) in [5, 5.41) is 15.8. The summed E-state index contributed by atoms with van der Waals surface area (Å²) in [5.41, 5.74) is 4.89. The minimum absolute atomic E-state index is 0. The second-order valence-electron chi connectivity index (χ2n) is 7.45. The van der Waals surface area contributed by atoms with Gasteiger partial charge in [0, 0.05) is 29.8 Å². The molecule has 0 radical (unpaired) electrons. The number of carboxylic acids is 1. The first kappa shape index (κ1) is 24.1. The number of carboxylic acid groups (broad SMARTS) is 1. The van der Waals surface area contributed by atoms with Gasteiger partial charge in [-0.2, -0.15) is 4.98 Å². The van der Waals surface area contributed by atoms with Crippen molar-refractivity contribution in [1.82, 2.24) is 15.5 Å². The van der Waals surface area contributed by atoms with E-state index in [1.807, 2.05) is 55.5 Å². The highest BCUT2D eigenvalue weighted by atomic mass is 35.5. The Bertz CT molecular complexity index is 1240. The van der Waals surface area contributed by atoms with Crippen molar-refractivity contribution in [2.24, 2.45) is 0 Å². The van der Waals surface area contributed by atoms with Crippen LogP contribution in [0.4, 0.5) is 4.39 Å². The van der Waals surface area contributed by atoms with Gasteiger partial charge in [0.2, 0.25) is 5.82 Å². The molecule has 4 rings (SSSR count). The molecule has 0 fully saturated rings. The van der Waals surface area contributed by atoms with Crippen LogP contribution in [-0.4, -0.2) is 27.8 Å². The lowest BCUT2D eigenvalue weighted by Crippen LogP contribution is -2.17. The van der Waals surface area contributed by atoms with E-state index in [1.54, 1.807) is 12.1 Å². The zero-order valence-corrected chi connectivity index (χ0v) is 18.7. The van der Waals surface area contributed by atoms with E-state index in [4.69, 9.17) is 9.63 Å². The van der Waals surface area contributed by atoms with Gasteiger partial charge in [0.05, 0.1) is 6.42 Å². The van der Waals surface area contributed by atoms with Gasteiger partial charge in [-0.05, 0) is 41.8 Å². The molecule has 0 amide bonds. The molecule has 170 valence electrons. The number of nitrogens with one attached hydrogen (secondary N) is 1. The van der Waals surface area contributed by atoms with Crippen LogP contribution < -0.4 is 5.32 Å². The number of rotatable bonds is 8. The Morgan fingerprint density at radius 3 is 2.45 bits per heavy atom. The molecular weight excluding hydrogens is 445 g/mol. The van der Waals surface area contributed by atoms with Gasteiger partial charge in [-0.15, -0.1) is 12.4 Å². The molecule has 6 nitrogen and oxygen atoms in total. The average molecular weight is 468 g/mol. The van der Waals surface area contributed by atoms with Gasteiger partial charge in [0.15, 0.2) is 0 Å². The smallest absolute Gasteiger partial charge is 0.304 e. The molecule has 0 unspecified atom stereocenters. The Balaban J connectivity index is 0.00000306. The quantitative estimate of drug-likeness (QED) is 0.332. The molecule has 1 heterocycles. The molecule has 0 saturated carbocycles. The number of carbonyl (C=O) groups is 1. The number of halogens is 2. The van der Waals surface area contributed by atoms with E-state index >= 15 is 0 Å². The van der Waals surface area contributed by atoms with Gasteiger partial charge in [-0.25, -0.2) is 4.39 Å². The summed E-state index contributed by atoms with van der Waals surface area (Å²) in [4.78, 5) is 15.1. The molecule has 0 atom stereocenters. The normalized spacial score (nSPS) is 10.6. The van der Waals surface area contributed by atoms with Gasteiger partial charge >= 0.3 is 5.97 Å². The number of hydrogen-bond acceptors (Lipinski definition) is 5. The SMILES string of the molecule is Cc1cc(-c2nc(-c3ccc(CNCCC(=O)O)cc3)no2)ccc1-c1ccccc1F.Cl. The van der Waals surface area contributed by atoms with Gasteiger partial charge in [-0.1, -0.05) is 53.7 Å². The maximum absolute atomic E-state index is 14.1. The second kappa shape index (κ2) is 10.8. The predicted octanol–water partition coefficient (Wildman–Crippen LogP) is 5.50. The molecule has 2 N–H and O–H groups in total. The Hall–Kier alpha value is -3.55. The lowest BCUT2D eigenvalue weighted by Gasteiger charge is -2.08. The maximum atomic E-state index is 14.1. The van der Waals surface area contributed by atoms with Crippen molar-refractivity contribution in [1.29, 1.82) is 0 Å². The monoisotopic (exact) mass is 467 g/mol. The highest BCUT2D eigenvalue weighted by Crippen LogP contribution is 2.30. The lowest BCUT2D eigenvalue weighted by atomic mass is 9.98. The van der Waals surface area contributed by atoms with Crippen molar-refractivity contribution < 1.29 is 18.8 Å². The summed E-state index contributed by atoms with van der Waals surface area (Å²) >= 11 is 0. The molecule has 8 heteroatoms. The molecule has 1 aromatic heterocycles. The fourth-order valence-corrected chi connectivity index (χ4v) is 3.44. The molecule has 4 aromatic rings. The molecule has 0 aliphatic heterocycles. The largest absolute Gasteiger partial charge is 0.481 e. The lowest BCUT2D eigenvalue weighted by molar-refractivity contribution is -0.136. The molecule has 33 heavy (non-hydrogen) atoms. The number of aryl methyl sites for hydroxylation is 1. The summed E-state index contributed by atoms with van der Waals surface area (Å²) in [6.07, 6.45) is 0.0878. The van der Waals surface area contributed by atoms with E-state index in [1.165, 1.54) is 6.07 Å². The van der Waals surface area contributed by atoms with E-state index in [2.05, 4.69) is 15.5 Å². The van der Waals surface area contributed by atoms with Crippen LogP contribution in [0.15, 0.2) is 71.3 Å². The van der Waals surface area contributed by atoms with Gasteiger partial charge < -0.3 is 14.9 Å². The van der Waals surface area contributed by atoms with Crippen LogP contribution >= 0.6 is 12.4 Å². The second-order valence-corrected chi connectivity index (χ2v) is 7.45. The third kappa shape index (κ3) is 5.83. The minimum Gasteiger partial charge on any atom is -0.481 e. The topological polar surface area (TPSA) is 88.2 Å². The number of aliphatic carboxylic acids is 1. The van der Waals surface area contributed by atoms with E-state index in [0.717, 1.165) is 27.8 Å². The van der Waals surface area contributed by atoms with Gasteiger partial charge in [0.25, 0.3) is 5.89 Å². The Labute approximate surface area is 196 Å². The minimum atomic E-state index is -0.821. The van der Waals surface area contributed by atoms with Gasteiger partial charge in [-0.3, -0.25) is 4.79 Å². The zero-order valence-electron chi connectivity index (χ0n) is 17.9. The van der Waals surface area contributed by atoms with Crippen molar-refractivity contribution in [2.45, 2.75) is 19.9 Å². The van der Waals surface area contributed by atoms with E-state index in [9.17, 15) is 9.18 Å². The Kier molecular flexibility index (Phi) is 7.92. The highest BCUT2D eigenvalue weighted by molar-refractivity contribution is 5.85. The maximum Gasteiger partial charge on any atom is 0.304 e. The Morgan fingerprint density at radius 1 is 1.03 bits per heavy atom. The van der Waals surface area contributed by atoms with E-state index in [-0.39, 0.29) is 24.6 Å². The molecule has 0 aliphatic rings. The third-order valence-corrected chi connectivity index (χ3v) is 5.12. The average Bonchev–Trinajstić information content (AvgIpc) is 3.28. The molecule has 0 spiro atoms. The number of aromatic nitrogens is 2. The summed E-state index contributed by atoms with van der Waals surface area (Å²) < 4.78 is 19.6. The first-order valence-corrected chi connectivity index (χ1v) is 10.2. The Morgan fingerprint density at radius 2 is 1.76 bits per heavy atom. The van der Waals surface area contributed by atoms with Crippen LogP contribution in [0.1, 0.15) is 17.5 Å². The fourth-order valence-electron chi connectivity index (χ4n) is 3.44. The van der Waals surface area contributed by atoms with Crippen molar-refractivity contribution in [3.63, 3.8) is 0 Å². The van der Waals surface area contributed by atoms with Crippen LogP contribution in [-0.2, 0) is 11.3 Å². The third-order valence-electron chi connectivity index (χ3n) is 5.12. The number of nitrogens with zero attached hydrogens (tertiary/aromatic N) is 2. The number of hydrogen-bond donors (Lipinski definition) is 2. The van der Waals surface area contributed by atoms with Crippen LogP contribution in [0.5, 0.6) is 0 Å². The predicted molar refractivity (Wildman–Crippen MR) is 127 cm³/mol. The summed E-state index contributed by atoms with van der Waals surface area (Å²) in [6.45, 7) is 2.92. The van der Waals surface area contributed by atoms with E-state index in [0.29, 0.717) is 30.4 Å². The zero-order chi connectivity index (χ0) is 22.5. The number of benzene rings is 3.